The Hall–Kier alpha value is -0.660. The van der Waals surface area contributed by atoms with Gasteiger partial charge in [-0.05, 0) is 19.8 Å². The molecule has 7 heteroatoms. The zero-order valence-electron chi connectivity index (χ0n) is 9.60. The van der Waals surface area contributed by atoms with E-state index in [0.29, 0.717) is 19.4 Å². The van der Waals surface area contributed by atoms with Crippen molar-refractivity contribution in [1.82, 2.24) is 4.72 Å². The van der Waals surface area contributed by atoms with Crippen LogP contribution in [0.5, 0.6) is 0 Å². The first-order valence-corrected chi connectivity index (χ1v) is 6.64. The van der Waals surface area contributed by atoms with Crippen molar-refractivity contribution >= 4 is 16.0 Å². The lowest BCUT2D eigenvalue weighted by Crippen LogP contribution is -2.34. The van der Waals surface area contributed by atoms with Gasteiger partial charge in [-0.2, -0.15) is 0 Å². The molecule has 0 bridgehead atoms. The molecule has 1 unspecified atom stereocenters. The van der Waals surface area contributed by atoms with Crippen molar-refractivity contribution in [2.45, 2.75) is 31.4 Å². The Labute approximate surface area is 96.0 Å². The van der Waals surface area contributed by atoms with E-state index in [4.69, 9.17) is 9.84 Å². The lowest BCUT2D eigenvalue weighted by Gasteiger charge is -2.12. The molecule has 0 aliphatic heterocycles. The Morgan fingerprint density at radius 2 is 2.12 bits per heavy atom. The van der Waals surface area contributed by atoms with E-state index in [1.807, 2.05) is 0 Å². The average Bonchev–Trinajstić information content (AvgIpc) is 2.20. The first kappa shape index (κ1) is 15.3. The van der Waals surface area contributed by atoms with Crippen LogP contribution in [0.1, 0.15) is 26.2 Å². The molecule has 0 spiro atoms. The van der Waals surface area contributed by atoms with E-state index in [1.165, 1.54) is 7.11 Å². The average molecular weight is 253 g/mol. The normalized spacial score (nSPS) is 13.6. The molecule has 0 aliphatic rings. The van der Waals surface area contributed by atoms with Crippen LogP contribution in [0.3, 0.4) is 0 Å². The maximum Gasteiger partial charge on any atom is 0.303 e. The van der Waals surface area contributed by atoms with E-state index in [9.17, 15) is 13.2 Å². The minimum Gasteiger partial charge on any atom is -0.481 e. The van der Waals surface area contributed by atoms with Gasteiger partial charge >= 0.3 is 5.97 Å². The van der Waals surface area contributed by atoms with Crippen LogP contribution in [0.2, 0.25) is 0 Å². The van der Waals surface area contributed by atoms with Crippen molar-refractivity contribution in [3.05, 3.63) is 0 Å². The van der Waals surface area contributed by atoms with Crippen LogP contribution in [0.15, 0.2) is 0 Å². The number of hydrogen-bond acceptors (Lipinski definition) is 4. The standard InChI is InChI=1S/C9H19NO5S/c1-8(5-7-15-2)16(13,14)10-6-3-4-9(11)12/h8,10H,3-7H2,1-2H3,(H,11,12). The van der Waals surface area contributed by atoms with Gasteiger partial charge in [0.15, 0.2) is 0 Å². The van der Waals surface area contributed by atoms with Crippen molar-refractivity contribution < 1.29 is 23.1 Å². The van der Waals surface area contributed by atoms with Crippen molar-refractivity contribution in [2.24, 2.45) is 0 Å². The number of rotatable bonds is 9. The summed E-state index contributed by atoms with van der Waals surface area (Å²) >= 11 is 0. The molecule has 0 aliphatic carbocycles. The molecule has 0 radical (unpaired) electrons. The molecule has 0 saturated heterocycles. The van der Waals surface area contributed by atoms with Gasteiger partial charge < -0.3 is 9.84 Å². The molecule has 0 heterocycles. The number of sulfonamides is 1. The fraction of sp³-hybridized carbons (Fsp3) is 0.889. The van der Waals surface area contributed by atoms with Gasteiger partial charge in [0.25, 0.3) is 0 Å². The van der Waals surface area contributed by atoms with E-state index >= 15 is 0 Å². The summed E-state index contributed by atoms with van der Waals surface area (Å²) in [6.07, 6.45) is 0.686. The third-order valence-corrected chi connectivity index (χ3v) is 4.03. The fourth-order valence-electron chi connectivity index (χ4n) is 1.04. The van der Waals surface area contributed by atoms with Gasteiger partial charge in [0.2, 0.25) is 10.0 Å². The molecular weight excluding hydrogens is 234 g/mol. The largest absolute Gasteiger partial charge is 0.481 e. The van der Waals surface area contributed by atoms with Crippen molar-refractivity contribution in [3.63, 3.8) is 0 Å². The van der Waals surface area contributed by atoms with Gasteiger partial charge in [-0.3, -0.25) is 4.79 Å². The molecule has 0 rings (SSSR count). The van der Waals surface area contributed by atoms with Crippen LogP contribution >= 0.6 is 0 Å². The quantitative estimate of drug-likeness (QED) is 0.572. The summed E-state index contributed by atoms with van der Waals surface area (Å²) in [6.45, 7) is 2.14. The number of aliphatic carboxylic acids is 1. The number of carbonyl (C=O) groups is 1. The highest BCUT2D eigenvalue weighted by molar-refractivity contribution is 7.90. The van der Waals surface area contributed by atoms with Crippen LogP contribution in [0.25, 0.3) is 0 Å². The highest BCUT2D eigenvalue weighted by Gasteiger charge is 2.19. The predicted molar refractivity (Wildman–Crippen MR) is 59.7 cm³/mol. The topological polar surface area (TPSA) is 92.7 Å². The highest BCUT2D eigenvalue weighted by atomic mass is 32.2. The zero-order chi connectivity index (χ0) is 12.6. The fourth-order valence-corrected chi connectivity index (χ4v) is 2.16. The van der Waals surface area contributed by atoms with Crippen LogP contribution in [0, 0.1) is 0 Å². The molecule has 6 nitrogen and oxygen atoms in total. The van der Waals surface area contributed by atoms with Crippen LogP contribution in [-0.2, 0) is 19.6 Å². The second-order valence-electron chi connectivity index (χ2n) is 3.53. The molecule has 96 valence electrons. The first-order chi connectivity index (χ1) is 7.40. The summed E-state index contributed by atoms with van der Waals surface area (Å²) in [7, 11) is -1.84. The predicted octanol–water partition coefficient (Wildman–Crippen LogP) is 0.196. The molecule has 0 aromatic heterocycles. The number of carboxylic acid groups (broad SMARTS) is 1. The molecule has 0 aromatic carbocycles. The smallest absolute Gasteiger partial charge is 0.303 e. The van der Waals surface area contributed by atoms with E-state index in [0.717, 1.165) is 0 Å². The number of carboxylic acids is 1. The molecule has 2 N–H and O–H groups in total. The summed E-state index contributed by atoms with van der Waals surface area (Å²) in [5.74, 6) is -0.924. The molecule has 16 heavy (non-hydrogen) atoms. The van der Waals surface area contributed by atoms with Gasteiger partial charge in [-0.15, -0.1) is 0 Å². The molecule has 0 saturated carbocycles. The van der Waals surface area contributed by atoms with E-state index < -0.39 is 21.2 Å². The maximum absolute atomic E-state index is 11.6. The molecule has 0 amide bonds. The zero-order valence-corrected chi connectivity index (χ0v) is 10.4. The lowest BCUT2D eigenvalue weighted by molar-refractivity contribution is -0.137. The Bertz CT molecular complexity index is 301. The minimum absolute atomic E-state index is 0.0328. The third kappa shape index (κ3) is 6.76. The van der Waals surface area contributed by atoms with Gasteiger partial charge in [0.1, 0.15) is 0 Å². The number of ether oxygens (including phenoxy) is 1. The maximum atomic E-state index is 11.6. The number of methoxy groups -OCH3 is 1. The van der Waals surface area contributed by atoms with Crippen LogP contribution < -0.4 is 4.72 Å². The third-order valence-electron chi connectivity index (χ3n) is 2.13. The lowest BCUT2D eigenvalue weighted by atomic mass is 10.3. The second kappa shape index (κ2) is 7.59. The Morgan fingerprint density at radius 1 is 1.50 bits per heavy atom. The summed E-state index contributed by atoms with van der Waals surface area (Å²) in [5.41, 5.74) is 0. The van der Waals surface area contributed by atoms with Gasteiger partial charge in [0, 0.05) is 26.7 Å². The second-order valence-corrected chi connectivity index (χ2v) is 5.71. The minimum atomic E-state index is -3.35. The summed E-state index contributed by atoms with van der Waals surface area (Å²) in [4.78, 5) is 10.2. The van der Waals surface area contributed by atoms with E-state index in [-0.39, 0.29) is 13.0 Å². The Morgan fingerprint density at radius 3 is 2.62 bits per heavy atom. The monoisotopic (exact) mass is 253 g/mol. The van der Waals surface area contributed by atoms with Gasteiger partial charge in [0.05, 0.1) is 5.25 Å². The summed E-state index contributed by atoms with van der Waals surface area (Å²) in [6, 6.07) is 0. The molecule has 0 fully saturated rings. The summed E-state index contributed by atoms with van der Waals surface area (Å²) in [5, 5.41) is 7.84. The molecule has 0 aromatic rings. The highest BCUT2D eigenvalue weighted by Crippen LogP contribution is 2.03. The SMILES string of the molecule is COCCC(C)S(=O)(=O)NCCCC(=O)O. The van der Waals surface area contributed by atoms with Gasteiger partial charge in [-0.25, -0.2) is 13.1 Å². The van der Waals surface area contributed by atoms with E-state index in [1.54, 1.807) is 6.92 Å². The van der Waals surface area contributed by atoms with Crippen molar-refractivity contribution in [1.29, 1.82) is 0 Å². The van der Waals surface area contributed by atoms with Gasteiger partial charge in [-0.1, -0.05) is 0 Å². The number of nitrogens with one attached hydrogen (secondary N) is 1. The van der Waals surface area contributed by atoms with Crippen LogP contribution in [0.4, 0.5) is 0 Å². The summed E-state index contributed by atoms with van der Waals surface area (Å²) < 4.78 is 30.3. The van der Waals surface area contributed by atoms with Crippen LogP contribution in [-0.4, -0.2) is 45.0 Å². The molecule has 1 atom stereocenters. The van der Waals surface area contributed by atoms with Crippen molar-refractivity contribution in [2.75, 3.05) is 20.3 Å². The Kier molecular flexibility index (Phi) is 7.27. The number of hydrogen-bond donors (Lipinski definition) is 2. The first-order valence-electron chi connectivity index (χ1n) is 5.09. The molecular formula is C9H19NO5S. The Balaban J connectivity index is 3.90. The van der Waals surface area contributed by atoms with E-state index in [2.05, 4.69) is 4.72 Å². The van der Waals surface area contributed by atoms with Crippen molar-refractivity contribution in [3.8, 4) is 0 Å².